The maximum Gasteiger partial charge on any atom is 0.268 e. The van der Waals surface area contributed by atoms with Crippen molar-refractivity contribution in [1.29, 1.82) is 0 Å². The van der Waals surface area contributed by atoms with Gasteiger partial charge in [-0.25, -0.2) is 9.97 Å². The monoisotopic (exact) mass is 356 g/mol. The van der Waals surface area contributed by atoms with Crippen molar-refractivity contribution in [3.05, 3.63) is 41.6 Å². The lowest BCUT2D eigenvalue weighted by Gasteiger charge is -2.09. The number of anilines is 1. The van der Waals surface area contributed by atoms with Gasteiger partial charge in [-0.15, -0.1) is 0 Å². The quantitative estimate of drug-likeness (QED) is 0.600. The second-order valence-corrected chi connectivity index (χ2v) is 6.62. The van der Waals surface area contributed by atoms with E-state index in [0.717, 1.165) is 16.3 Å². The van der Waals surface area contributed by atoms with E-state index in [1.54, 1.807) is 27.7 Å². The number of amides is 1. The van der Waals surface area contributed by atoms with Crippen molar-refractivity contribution < 1.29 is 4.79 Å². The fraction of sp³-hybridized carbons (Fsp3) is 0.200. The van der Waals surface area contributed by atoms with E-state index in [9.17, 15) is 4.79 Å². The van der Waals surface area contributed by atoms with Gasteiger partial charge in [0.25, 0.3) is 5.91 Å². The Morgan fingerprint density at radius 2 is 2.24 bits per heavy atom. The van der Waals surface area contributed by atoms with Gasteiger partial charge < -0.3 is 11.1 Å². The largest absolute Gasteiger partial charge is 0.364 e. The van der Waals surface area contributed by atoms with E-state index in [1.807, 2.05) is 26.2 Å². The van der Waals surface area contributed by atoms with Crippen LogP contribution in [0.5, 0.6) is 0 Å². The van der Waals surface area contributed by atoms with Crippen molar-refractivity contribution in [2.75, 3.05) is 5.32 Å². The summed E-state index contributed by atoms with van der Waals surface area (Å²) in [6.07, 6.45) is 8.96. The number of aromatic nitrogens is 5. The molecule has 0 saturated carbocycles. The van der Waals surface area contributed by atoms with Crippen molar-refractivity contribution in [3.8, 4) is 11.3 Å². The van der Waals surface area contributed by atoms with Crippen LogP contribution in [0.1, 0.15) is 17.4 Å². The van der Waals surface area contributed by atoms with E-state index in [-0.39, 0.29) is 11.7 Å². The van der Waals surface area contributed by atoms with Crippen molar-refractivity contribution in [2.24, 2.45) is 12.8 Å². The molecule has 4 N–H and O–H groups in total. The molecule has 0 radical (unpaired) electrons. The van der Waals surface area contributed by atoms with Crippen LogP contribution in [-0.2, 0) is 7.05 Å². The fourth-order valence-corrected chi connectivity index (χ4v) is 3.39. The summed E-state index contributed by atoms with van der Waals surface area (Å²) in [5, 5.41) is 8.30. The second kappa shape index (κ2) is 5.90. The van der Waals surface area contributed by atoms with Crippen molar-refractivity contribution in [1.82, 2.24) is 28.9 Å². The first-order valence-electron chi connectivity index (χ1n) is 7.59. The van der Waals surface area contributed by atoms with Crippen LogP contribution in [0.25, 0.3) is 16.9 Å². The first-order valence-corrected chi connectivity index (χ1v) is 8.41. The third-order valence-corrected chi connectivity index (χ3v) is 4.69. The zero-order valence-corrected chi connectivity index (χ0v) is 14.4. The van der Waals surface area contributed by atoms with Gasteiger partial charge in [0.2, 0.25) is 0 Å². The van der Waals surface area contributed by atoms with Gasteiger partial charge >= 0.3 is 0 Å². The highest BCUT2D eigenvalue weighted by molar-refractivity contribution is 8.01. The molecule has 0 fully saturated rings. The Morgan fingerprint density at radius 1 is 1.40 bits per heavy atom. The predicted octanol–water partition coefficient (Wildman–Crippen LogP) is 1.12. The molecule has 1 aliphatic rings. The van der Waals surface area contributed by atoms with Crippen LogP contribution in [0.2, 0.25) is 0 Å². The molecule has 4 heterocycles. The lowest BCUT2D eigenvalue weighted by Crippen LogP contribution is -2.16. The first kappa shape index (κ1) is 15.7. The van der Waals surface area contributed by atoms with Crippen LogP contribution < -0.4 is 15.8 Å². The molecule has 1 amide bonds. The van der Waals surface area contributed by atoms with Gasteiger partial charge in [-0.1, -0.05) is 0 Å². The van der Waals surface area contributed by atoms with Gasteiger partial charge in [-0.3, -0.25) is 18.6 Å². The van der Waals surface area contributed by atoms with E-state index in [4.69, 9.17) is 5.73 Å². The van der Waals surface area contributed by atoms with Crippen molar-refractivity contribution in [3.63, 3.8) is 0 Å². The standard InChI is InChI=1S/C15H16N8OS/c1-8-3-12(25-21-8)20-14-15-17-5-11(9-4-18-22(2)6-9)23(15)7-10(19-14)13(16)24/h3-8,21H,1-2H3,(H2,16,24)(H,19,20). The summed E-state index contributed by atoms with van der Waals surface area (Å²) in [6.45, 7) is 2.04. The summed E-state index contributed by atoms with van der Waals surface area (Å²) >= 11 is 1.47. The molecule has 128 valence electrons. The molecule has 0 bridgehead atoms. The Labute approximate surface area is 147 Å². The highest BCUT2D eigenvalue weighted by Crippen LogP contribution is 2.27. The molecule has 9 nitrogen and oxygen atoms in total. The molecule has 4 rings (SSSR count). The Bertz CT molecular complexity index is 1000. The van der Waals surface area contributed by atoms with Crippen LogP contribution in [-0.4, -0.2) is 36.1 Å². The van der Waals surface area contributed by atoms with Crippen LogP contribution in [0.3, 0.4) is 0 Å². The maximum absolute atomic E-state index is 11.7. The number of nitrogens with one attached hydrogen (secondary N) is 2. The number of fused-ring (bicyclic) bond motifs is 1. The van der Waals surface area contributed by atoms with Crippen LogP contribution >= 0.6 is 11.9 Å². The number of nitrogens with zero attached hydrogens (tertiary/aromatic N) is 5. The molecule has 10 heteroatoms. The van der Waals surface area contributed by atoms with Crippen LogP contribution in [0.4, 0.5) is 5.82 Å². The molecule has 1 unspecified atom stereocenters. The molecule has 25 heavy (non-hydrogen) atoms. The average Bonchev–Trinajstić information content (AvgIpc) is 3.27. The number of carbonyl (C=O) groups is 1. The van der Waals surface area contributed by atoms with E-state index in [2.05, 4.69) is 25.1 Å². The number of primary amides is 1. The molecule has 1 aliphatic heterocycles. The summed E-state index contributed by atoms with van der Waals surface area (Å²) in [5.74, 6) is -0.128. The SMILES string of the molecule is CC1C=C(Nc2nc(C(N)=O)cn3c(-c4cnn(C)c4)cnc23)SN1. The summed E-state index contributed by atoms with van der Waals surface area (Å²) in [5.41, 5.74) is 7.89. The van der Waals surface area contributed by atoms with Crippen LogP contribution in [0, 0.1) is 0 Å². The topological polar surface area (TPSA) is 115 Å². The molecule has 1 atom stereocenters. The minimum absolute atomic E-state index is 0.155. The van der Waals surface area contributed by atoms with Crippen molar-refractivity contribution >= 4 is 29.3 Å². The fourth-order valence-electron chi connectivity index (χ4n) is 2.59. The Morgan fingerprint density at radius 3 is 2.88 bits per heavy atom. The number of hydrogen-bond donors (Lipinski definition) is 3. The molecule has 0 aliphatic carbocycles. The third-order valence-electron chi connectivity index (χ3n) is 3.74. The number of hydrogen-bond acceptors (Lipinski definition) is 7. The average molecular weight is 356 g/mol. The minimum atomic E-state index is -0.602. The van der Waals surface area contributed by atoms with Gasteiger partial charge in [0.15, 0.2) is 11.5 Å². The van der Waals surface area contributed by atoms with E-state index >= 15 is 0 Å². The smallest absolute Gasteiger partial charge is 0.268 e. The normalized spacial score (nSPS) is 17.0. The summed E-state index contributed by atoms with van der Waals surface area (Å²) in [4.78, 5) is 20.5. The molecular formula is C15H16N8OS. The summed E-state index contributed by atoms with van der Waals surface area (Å²) in [7, 11) is 1.84. The molecular weight excluding hydrogens is 340 g/mol. The van der Waals surface area contributed by atoms with Gasteiger partial charge in [0.1, 0.15) is 5.69 Å². The van der Waals surface area contributed by atoms with Gasteiger partial charge in [0.05, 0.1) is 23.1 Å². The third kappa shape index (κ3) is 2.85. The summed E-state index contributed by atoms with van der Waals surface area (Å²) in [6, 6.07) is 0.244. The van der Waals surface area contributed by atoms with E-state index in [0.29, 0.717) is 11.5 Å². The maximum atomic E-state index is 11.7. The molecule has 0 saturated heterocycles. The number of aryl methyl sites for hydroxylation is 1. The van der Waals surface area contributed by atoms with E-state index < -0.39 is 5.91 Å². The van der Waals surface area contributed by atoms with Gasteiger partial charge in [-0.2, -0.15) is 5.10 Å². The number of nitrogens with two attached hydrogens (primary N) is 1. The first-order chi connectivity index (χ1) is 12.0. The number of rotatable bonds is 4. The second-order valence-electron chi connectivity index (χ2n) is 5.74. The highest BCUT2D eigenvalue weighted by atomic mass is 32.2. The Balaban J connectivity index is 1.86. The minimum Gasteiger partial charge on any atom is -0.364 e. The van der Waals surface area contributed by atoms with Crippen LogP contribution in [0.15, 0.2) is 35.9 Å². The van der Waals surface area contributed by atoms with Gasteiger partial charge in [0, 0.05) is 31.0 Å². The number of carbonyl (C=O) groups excluding carboxylic acids is 1. The molecule has 3 aromatic rings. The number of imidazole rings is 1. The van der Waals surface area contributed by atoms with E-state index in [1.165, 1.54) is 11.9 Å². The Kier molecular flexibility index (Phi) is 3.70. The Hall–Kier alpha value is -2.85. The van der Waals surface area contributed by atoms with Gasteiger partial charge in [-0.05, 0) is 24.9 Å². The molecule has 0 spiro atoms. The lowest BCUT2D eigenvalue weighted by molar-refractivity contribution is 0.0995. The zero-order chi connectivity index (χ0) is 17.6. The van der Waals surface area contributed by atoms with Crippen molar-refractivity contribution in [2.45, 2.75) is 13.0 Å². The predicted molar refractivity (Wildman–Crippen MR) is 95.6 cm³/mol. The lowest BCUT2D eigenvalue weighted by atomic mass is 10.3. The summed E-state index contributed by atoms with van der Waals surface area (Å²) < 4.78 is 6.71. The zero-order valence-electron chi connectivity index (χ0n) is 13.6. The highest BCUT2D eigenvalue weighted by Gasteiger charge is 2.18. The molecule has 0 aromatic carbocycles. The molecule has 3 aromatic heterocycles.